The molecular weight excluding hydrogens is 344 g/mol. The average Bonchev–Trinajstić information content (AvgIpc) is 3.05. The van der Waals surface area contributed by atoms with E-state index in [0.29, 0.717) is 5.75 Å². The van der Waals surface area contributed by atoms with Crippen molar-refractivity contribution in [3.63, 3.8) is 0 Å². The Hall–Kier alpha value is -2.08. The first-order chi connectivity index (χ1) is 12.5. The molecule has 0 saturated carbocycles. The quantitative estimate of drug-likeness (QED) is 0.659. The Morgan fingerprint density at radius 3 is 2.73 bits per heavy atom. The Kier molecular flexibility index (Phi) is 4.61. The van der Waals surface area contributed by atoms with Crippen molar-refractivity contribution in [3.05, 3.63) is 35.4 Å². The molecule has 1 saturated heterocycles. The van der Waals surface area contributed by atoms with Gasteiger partial charge in [0.1, 0.15) is 0 Å². The van der Waals surface area contributed by atoms with Crippen LogP contribution in [0, 0.1) is 19.8 Å². The number of likely N-dealkylation sites (tertiary alicyclic amines) is 1. The number of carbonyl (C=O) groups excluding carboxylic acids is 1. The fraction of sp³-hybridized carbons (Fsp3) is 0.450. The average molecular weight is 369 g/mol. The molecule has 4 rings (SSSR count). The van der Waals surface area contributed by atoms with Crippen LogP contribution >= 0.6 is 11.8 Å². The van der Waals surface area contributed by atoms with E-state index in [0.717, 1.165) is 53.7 Å². The second-order valence-electron chi connectivity index (χ2n) is 7.38. The molecule has 3 aromatic rings. The molecule has 1 fully saturated rings. The number of aryl methyl sites for hydroxylation is 2. The van der Waals surface area contributed by atoms with Gasteiger partial charge in [-0.15, -0.1) is 10.2 Å². The van der Waals surface area contributed by atoms with Crippen molar-refractivity contribution in [2.24, 2.45) is 5.92 Å². The fourth-order valence-electron chi connectivity index (χ4n) is 3.60. The lowest BCUT2D eigenvalue weighted by Gasteiger charge is -2.30. The van der Waals surface area contributed by atoms with Crippen molar-refractivity contribution in [1.29, 1.82) is 0 Å². The predicted molar refractivity (Wildman–Crippen MR) is 106 cm³/mol. The molecule has 1 aliphatic heterocycles. The summed E-state index contributed by atoms with van der Waals surface area (Å²) in [7, 11) is 0. The first kappa shape index (κ1) is 17.3. The first-order valence-electron chi connectivity index (χ1n) is 9.18. The van der Waals surface area contributed by atoms with Crippen molar-refractivity contribution in [2.45, 2.75) is 38.8 Å². The van der Waals surface area contributed by atoms with Gasteiger partial charge in [0.25, 0.3) is 0 Å². The summed E-state index contributed by atoms with van der Waals surface area (Å²) in [6.07, 6.45) is 2.21. The zero-order valence-electron chi connectivity index (χ0n) is 15.5. The lowest BCUT2D eigenvalue weighted by atomic mass is 9.99. The normalized spacial score (nSPS) is 15.9. The molecule has 0 atom stereocenters. The maximum absolute atomic E-state index is 12.6. The number of thioether (sulfide) groups is 1. The molecule has 0 spiro atoms. The van der Waals surface area contributed by atoms with E-state index in [4.69, 9.17) is 0 Å². The summed E-state index contributed by atoms with van der Waals surface area (Å²) in [5.74, 6) is 1.34. The van der Waals surface area contributed by atoms with Gasteiger partial charge in [-0.05, 0) is 61.8 Å². The molecule has 0 radical (unpaired) electrons. The number of hydrogen-bond donors (Lipinski definition) is 0. The Morgan fingerprint density at radius 2 is 1.96 bits per heavy atom. The Balaban J connectivity index is 1.61. The van der Waals surface area contributed by atoms with Gasteiger partial charge in [-0.25, -0.2) is 0 Å². The van der Waals surface area contributed by atoms with Crippen LogP contribution in [0.25, 0.3) is 16.6 Å². The van der Waals surface area contributed by atoms with E-state index in [2.05, 4.69) is 59.6 Å². The predicted octanol–water partition coefficient (Wildman–Crippen LogP) is 3.85. The highest BCUT2D eigenvalue weighted by Crippen LogP contribution is 2.27. The lowest BCUT2D eigenvalue weighted by molar-refractivity contribution is -0.129. The highest BCUT2D eigenvalue weighted by molar-refractivity contribution is 7.99. The van der Waals surface area contributed by atoms with Gasteiger partial charge < -0.3 is 4.90 Å². The minimum atomic E-state index is 0.200. The maximum atomic E-state index is 12.6. The van der Waals surface area contributed by atoms with Gasteiger partial charge in [0, 0.05) is 13.1 Å². The molecule has 0 unspecified atom stereocenters. The van der Waals surface area contributed by atoms with Crippen LogP contribution in [0.2, 0.25) is 0 Å². The summed E-state index contributed by atoms with van der Waals surface area (Å²) < 4.78 is 2.08. The molecule has 5 nitrogen and oxygen atoms in total. The zero-order chi connectivity index (χ0) is 18.3. The zero-order valence-corrected chi connectivity index (χ0v) is 16.3. The lowest BCUT2D eigenvalue weighted by Crippen LogP contribution is -2.38. The van der Waals surface area contributed by atoms with E-state index in [1.807, 2.05) is 4.90 Å². The molecule has 0 N–H and O–H groups in total. The summed E-state index contributed by atoms with van der Waals surface area (Å²) in [6, 6.07) is 8.54. The van der Waals surface area contributed by atoms with Gasteiger partial charge in [-0.2, -0.15) is 0 Å². The number of amides is 1. The van der Waals surface area contributed by atoms with Crippen molar-refractivity contribution in [1.82, 2.24) is 19.5 Å². The number of hydrogen-bond acceptors (Lipinski definition) is 4. The third-order valence-corrected chi connectivity index (χ3v) is 6.16. The molecule has 0 aliphatic carbocycles. The smallest absolute Gasteiger partial charge is 0.233 e. The van der Waals surface area contributed by atoms with E-state index in [-0.39, 0.29) is 5.91 Å². The molecule has 1 aliphatic rings. The molecule has 0 bridgehead atoms. The van der Waals surface area contributed by atoms with Gasteiger partial charge in [0.15, 0.2) is 10.8 Å². The number of rotatable bonds is 3. The third-order valence-electron chi connectivity index (χ3n) is 5.24. The van der Waals surface area contributed by atoms with Crippen LogP contribution in [0.1, 0.15) is 30.9 Å². The Labute approximate surface area is 157 Å². The topological polar surface area (TPSA) is 50.5 Å². The van der Waals surface area contributed by atoms with Gasteiger partial charge in [-0.3, -0.25) is 9.20 Å². The molecule has 1 aromatic carbocycles. The summed E-state index contributed by atoms with van der Waals surface area (Å²) in [6.45, 7) is 8.16. The van der Waals surface area contributed by atoms with E-state index in [1.165, 1.54) is 22.7 Å². The number of nitrogens with zero attached hydrogens (tertiary/aromatic N) is 4. The number of fused-ring (bicyclic) bond motifs is 3. The largest absolute Gasteiger partial charge is 0.342 e. The van der Waals surface area contributed by atoms with E-state index < -0.39 is 0 Å². The van der Waals surface area contributed by atoms with E-state index in [9.17, 15) is 4.79 Å². The summed E-state index contributed by atoms with van der Waals surface area (Å²) in [5, 5.41) is 10.7. The molecule has 1 amide bonds. The van der Waals surface area contributed by atoms with Crippen LogP contribution in [0.15, 0.2) is 29.4 Å². The minimum Gasteiger partial charge on any atom is -0.342 e. The van der Waals surface area contributed by atoms with Gasteiger partial charge in [-0.1, -0.05) is 30.3 Å². The minimum absolute atomic E-state index is 0.200. The van der Waals surface area contributed by atoms with Crippen LogP contribution in [0.3, 0.4) is 0 Å². The monoisotopic (exact) mass is 368 g/mol. The van der Waals surface area contributed by atoms with Crippen LogP contribution < -0.4 is 0 Å². The Bertz CT molecular complexity index is 973. The summed E-state index contributed by atoms with van der Waals surface area (Å²) >= 11 is 1.49. The summed E-state index contributed by atoms with van der Waals surface area (Å²) in [5.41, 5.74) is 4.28. The SMILES string of the molecule is Cc1ccc2c(c1)cc(C)c1nnc(SCC(=O)N3CCC(C)CC3)n12. The number of benzene rings is 1. The van der Waals surface area contributed by atoms with Crippen molar-refractivity contribution in [3.8, 4) is 0 Å². The highest BCUT2D eigenvalue weighted by Gasteiger charge is 2.21. The molecule has 3 heterocycles. The van der Waals surface area contributed by atoms with Crippen molar-refractivity contribution < 1.29 is 4.79 Å². The van der Waals surface area contributed by atoms with Crippen LogP contribution in [0.5, 0.6) is 0 Å². The van der Waals surface area contributed by atoms with Crippen LogP contribution in [-0.4, -0.2) is 44.2 Å². The molecule has 26 heavy (non-hydrogen) atoms. The van der Waals surface area contributed by atoms with E-state index in [1.54, 1.807) is 0 Å². The van der Waals surface area contributed by atoms with Gasteiger partial charge >= 0.3 is 0 Å². The molecular formula is C20H24N4OS. The molecule has 2 aromatic heterocycles. The standard InChI is InChI=1S/C20H24N4OS/c1-13-6-8-23(9-7-13)18(25)12-26-20-22-21-19-15(3)11-16-10-14(2)4-5-17(16)24(19)20/h4-5,10-11,13H,6-9,12H2,1-3H3. The second kappa shape index (κ2) is 6.91. The number of aromatic nitrogens is 3. The van der Waals surface area contributed by atoms with Crippen molar-refractivity contribution >= 4 is 34.2 Å². The van der Waals surface area contributed by atoms with Gasteiger partial charge in [0.2, 0.25) is 5.91 Å². The number of pyridine rings is 1. The Morgan fingerprint density at radius 1 is 1.19 bits per heavy atom. The third kappa shape index (κ3) is 3.18. The van der Waals surface area contributed by atoms with Gasteiger partial charge in [0.05, 0.1) is 11.3 Å². The van der Waals surface area contributed by atoms with E-state index >= 15 is 0 Å². The van der Waals surface area contributed by atoms with Crippen molar-refractivity contribution in [2.75, 3.05) is 18.8 Å². The molecule has 136 valence electrons. The first-order valence-corrected chi connectivity index (χ1v) is 10.2. The van der Waals surface area contributed by atoms with Crippen LogP contribution in [-0.2, 0) is 4.79 Å². The number of carbonyl (C=O) groups is 1. The maximum Gasteiger partial charge on any atom is 0.233 e. The fourth-order valence-corrected chi connectivity index (χ4v) is 4.45. The summed E-state index contributed by atoms with van der Waals surface area (Å²) in [4.78, 5) is 14.5. The van der Waals surface area contributed by atoms with Crippen LogP contribution in [0.4, 0.5) is 0 Å². The number of piperidine rings is 1. The molecule has 6 heteroatoms. The second-order valence-corrected chi connectivity index (χ2v) is 8.33. The highest BCUT2D eigenvalue weighted by atomic mass is 32.2.